The number of benzene rings is 1. The first kappa shape index (κ1) is 26.6. The lowest BCUT2D eigenvalue weighted by Crippen LogP contribution is -2.35. The summed E-state index contributed by atoms with van der Waals surface area (Å²) in [7, 11) is 0. The molecule has 1 aliphatic carbocycles. The average molecular weight is 567 g/mol. The molecule has 2 aliphatic rings. The molecule has 0 fully saturated rings. The van der Waals surface area contributed by atoms with Gasteiger partial charge in [-0.2, -0.15) is 18.3 Å². The van der Waals surface area contributed by atoms with Crippen LogP contribution in [0.3, 0.4) is 0 Å². The predicted molar refractivity (Wildman–Crippen MR) is 139 cm³/mol. The van der Waals surface area contributed by atoms with E-state index in [4.69, 9.17) is 16.3 Å². The molecule has 0 radical (unpaired) electrons. The number of nitrogens with one attached hydrogen (secondary N) is 2. The van der Waals surface area contributed by atoms with Crippen molar-refractivity contribution >= 4 is 45.6 Å². The van der Waals surface area contributed by atoms with Gasteiger partial charge in [0.15, 0.2) is 11.7 Å². The lowest BCUT2D eigenvalue weighted by molar-refractivity contribution is -0.173. The maximum atomic E-state index is 14.1. The zero-order valence-electron chi connectivity index (χ0n) is 20.7. The molecule has 1 aliphatic heterocycles. The van der Waals surface area contributed by atoms with Crippen molar-refractivity contribution in [1.29, 1.82) is 0 Å². The van der Waals surface area contributed by atoms with Crippen molar-refractivity contribution in [3.05, 3.63) is 62.6 Å². The van der Waals surface area contributed by atoms with E-state index in [-0.39, 0.29) is 34.1 Å². The van der Waals surface area contributed by atoms with Crippen LogP contribution in [-0.4, -0.2) is 33.9 Å². The first-order chi connectivity index (χ1) is 18.0. The fourth-order valence-corrected chi connectivity index (χ4v) is 6.48. The number of rotatable bonds is 5. The van der Waals surface area contributed by atoms with E-state index in [2.05, 4.69) is 15.7 Å². The van der Waals surface area contributed by atoms with Gasteiger partial charge in [-0.1, -0.05) is 41.9 Å². The second-order valence-corrected chi connectivity index (χ2v) is 11.2. The third-order valence-corrected chi connectivity index (χ3v) is 8.22. The molecule has 12 heteroatoms. The Balaban J connectivity index is 1.50. The van der Waals surface area contributed by atoms with Crippen LogP contribution in [0.15, 0.2) is 30.3 Å². The molecule has 1 amide bonds. The molecule has 2 atom stereocenters. The zero-order valence-corrected chi connectivity index (χ0v) is 22.3. The first-order valence-corrected chi connectivity index (χ1v) is 13.6. The summed E-state index contributed by atoms with van der Waals surface area (Å²) < 4.78 is 48.4. The molecule has 0 spiro atoms. The Bertz CT molecular complexity index is 1370. The Morgan fingerprint density at radius 2 is 1.92 bits per heavy atom. The van der Waals surface area contributed by atoms with Gasteiger partial charge in [-0.15, -0.1) is 11.3 Å². The number of amides is 1. The Hall–Kier alpha value is -3.05. The Labute approximate surface area is 226 Å². The number of aromatic nitrogens is 2. The van der Waals surface area contributed by atoms with Crippen molar-refractivity contribution in [1.82, 2.24) is 9.78 Å². The highest BCUT2D eigenvalue weighted by Crippen LogP contribution is 2.46. The number of fused-ring (bicyclic) bond motifs is 2. The van der Waals surface area contributed by atoms with E-state index in [1.807, 2.05) is 0 Å². The highest BCUT2D eigenvalue weighted by atomic mass is 35.5. The number of halogens is 4. The van der Waals surface area contributed by atoms with Crippen LogP contribution in [-0.2, 0) is 17.6 Å². The Kier molecular flexibility index (Phi) is 7.17. The van der Waals surface area contributed by atoms with Crippen LogP contribution in [0.1, 0.15) is 82.0 Å². The number of carbonyl (C=O) groups excluding carboxylic acids is 2. The van der Waals surface area contributed by atoms with Gasteiger partial charge in [-0.25, -0.2) is 9.48 Å². The number of esters is 1. The van der Waals surface area contributed by atoms with E-state index in [1.54, 1.807) is 44.2 Å². The van der Waals surface area contributed by atoms with Crippen LogP contribution < -0.4 is 10.6 Å². The average Bonchev–Trinajstić information content (AvgIpc) is 3.40. The van der Waals surface area contributed by atoms with Gasteiger partial charge in [0.05, 0.1) is 17.7 Å². The SMILES string of the molecule is CC(C)OC(=O)c1c(NC(=O)c2nn3c(c2Cl)N[C@H](c2ccccc2)C[C@H]3C(F)(F)F)sc2c1CCCC2. The second kappa shape index (κ2) is 10.3. The lowest BCUT2D eigenvalue weighted by Gasteiger charge is -2.33. The minimum absolute atomic E-state index is 0.0795. The first-order valence-electron chi connectivity index (χ1n) is 12.4. The fourth-order valence-electron chi connectivity index (χ4n) is 4.94. The normalized spacial score (nSPS) is 18.9. The number of thiophene rings is 1. The van der Waals surface area contributed by atoms with Crippen molar-refractivity contribution in [3.8, 4) is 0 Å². The van der Waals surface area contributed by atoms with E-state index in [1.165, 1.54) is 11.3 Å². The summed E-state index contributed by atoms with van der Waals surface area (Å²) in [4.78, 5) is 27.3. The van der Waals surface area contributed by atoms with E-state index < -0.39 is 30.1 Å². The van der Waals surface area contributed by atoms with Crippen molar-refractivity contribution in [3.63, 3.8) is 0 Å². The summed E-state index contributed by atoms with van der Waals surface area (Å²) in [5, 5.41) is 9.80. The minimum Gasteiger partial charge on any atom is -0.459 e. The molecule has 0 saturated heterocycles. The van der Waals surface area contributed by atoms with Crippen molar-refractivity contribution < 1.29 is 27.5 Å². The molecule has 3 aromatic rings. The molecular formula is C26H26ClF3N4O3S. The molecule has 7 nitrogen and oxygen atoms in total. The van der Waals surface area contributed by atoms with E-state index in [0.717, 1.165) is 34.4 Å². The number of hydrogen-bond acceptors (Lipinski definition) is 6. The molecule has 0 bridgehead atoms. The summed E-state index contributed by atoms with van der Waals surface area (Å²) >= 11 is 7.76. The molecule has 202 valence electrons. The maximum absolute atomic E-state index is 14.1. The topological polar surface area (TPSA) is 85.2 Å². The fraction of sp³-hybridized carbons (Fsp3) is 0.423. The van der Waals surface area contributed by atoms with Crippen LogP contribution in [0.5, 0.6) is 0 Å². The van der Waals surface area contributed by atoms with Gasteiger partial charge < -0.3 is 15.4 Å². The predicted octanol–water partition coefficient (Wildman–Crippen LogP) is 6.95. The smallest absolute Gasteiger partial charge is 0.410 e. The van der Waals surface area contributed by atoms with Gasteiger partial charge in [-0.3, -0.25) is 4.79 Å². The van der Waals surface area contributed by atoms with Crippen LogP contribution in [0, 0.1) is 0 Å². The third-order valence-electron chi connectivity index (χ3n) is 6.66. The Morgan fingerprint density at radius 1 is 1.21 bits per heavy atom. The van der Waals surface area contributed by atoms with E-state index in [0.29, 0.717) is 17.5 Å². The summed E-state index contributed by atoms with van der Waals surface area (Å²) in [5.41, 5.74) is 1.45. The van der Waals surface area contributed by atoms with Crippen molar-refractivity contribution in [2.75, 3.05) is 10.6 Å². The van der Waals surface area contributed by atoms with Gasteiger partial charge in [0.25, 0.3) is 5.91 Å². The van der Waals surface area contributed by atoms with Crippen LogP contribution in [0.4, 0.5) is 24.0 Å². The third kappa shape index (κ3) is 5.01. The quantitative estimate of drug-likeness (QED) is 0.326. The summed E-state index contributed by atoms with van der Waals surface area (Å²) in [6, 6.07) is 6.07. The van der Waals surface area contributed by atoms with Crippen LogP contribution in [0.25, 0.3) is 0 Å². The molecular weight excluding hydrogens is 541 g/mol. The molecule has 3 heterocycles. The van der Waals surface area contributed by atoms with Gasteiger partial charge in [0, 0.05) is 11.3 Å². The van der Waals surface area contributed by atoms with Gasteiger partial charge in [0.1, 0.15) is 15.8 Å². The molecule has 2 aromatic heterocycles. The van der Waals surface area contributed by atoms with Crippen LogP contribution >= 0.6 is 22.9 Å². The zero-order chi connectivity index (χ0) is 27.2. The van der Waals surface area contributed by atoms with Gasteiger partial charge in [-0.05, 0) is 50.7 Å². The molecule has 0 saturated carbocycles. The number of hydrogen-bond donors (Lipinski definition) is 2. The maximum Gasteiger partial charge on any atom is 0.410 e. The highest BCUT2D eigenvalue weighted by molar-refractivity contribution is 7.17. The van der Waals surface area contributed by atoms with Crippen molar-refractivity contribution in [2.45, 2.75) is 70.3 Å². The molecule has 5 rings (SSSR count). The van der Waals surface area contributed by atoms with E-state index in [9.17, 15) is 22.8 Å². The van der Waals surface area contributed by atoms with Crippen molar-refractivity contribution in [2.24, 2.45) is 0 Å². The summed E-state index contributed by atoms with van der Waals surface area (Å²) in [5.74, 6) is -1.42. The summed E-state index contributed by atoms with van der Waals surface area (Å²) in [6.07, 6.45) is -1.96. The molecule has 0 unspecified atom stereocenters. The van der Waals surface area contributed by atoms with E-state index >= 15 is 0 Å². The van der Waals surface area contributed by atoms with Gasteiger partial charge in [0.2, 0.25) is 0 Å². The highest BCUT2D eigenvalue weighted by Gasteiger charge is 2.48. The number of ether oxygens (including phenoxy) is 1. The lowest BCUT2D eigenvalue weighted by atomic mass is 9.95. The summed E-state index contributed by atoms with van der Waals surface area (Å²) in [6.45, 7) is 3.47. The monoisotopic (exact) mass is 566 g/mol. The number of carbonyl (C=O) groups is 2. The number of nitrogens with zero attached hydrogens (tertiary/aromatic N) is 2. The molecule has 1 aromatic carbocycles. The van der Waals surface area contributed by atoms with Crippen LogP contribution in [0.2, 0.25) is 5.02 Å². The van der Waals surface area contributed by atoms with Gasteiger partial charge >= 0.3 is 12.1 Å². The minimum atomic E-state index is -4.62. The number of alkyl halides is 3. The second-order valence-electron chi connectivity index (χ2n) is 9.68. The number of anilines is 2. The molecule has 38 heavy (non-hydrogen) atoms. The standard InChI is InChI=1S/C26H26ClF3N4O3S/c1-13(2)37-25(36)19-15-10-6-7-11-17(15)38-24(19)32-23(35)21-20(27)22-31-16(14-8-4-3-5-9-14)12-18(26(28,29)30)34(22)33-21/h3-5,8-9,13,16,18,31H,6-7,10-12H2,1-2H3,(H,32,35)/t16-,18-/m0/s1. The Morgan fingerprint density at radius 3 is 2.61 bits per heavy atom. The largest absolute Gasteiger partial charge is 0.459 e. The molecule has 2 N–H and O–H groups in total. The number of aryl methyl sites for hydroxylation is 1.